The fraction of sp³-hybridized carbons (Fsp3) is 0.333. The molecular weight excluding hydrogens is 313 g/mol. The van der Waals surface area contributed by atoms with E-state index in [0.717, 1.165) is 13.0 Å². The number of nitrogens with zero attached hydrogens (tertiary/aromatic N) is 1. The zero-order valence-electron chi connectivity index (χ0n) is 13.3. The second kappa shape index (κ2) is 8.22. The number of likely N-dealkylation sites (N-methyl/N-ethyl adjacent to an activating group) is 1. The number of hydrogen-bond acceptors (Lipinski definition) is 3. The molecule has 0 N–H and O–H groups in total. The maximum absolute atomic E-state index is 13.6. The first-order valence-corrected chi connectivity index (χ1v) is 9.34. The molecule has 2 aromatic rings. The van der Waals surface area contributed by atoms with Gasteiger partial charge in [-0.1, -0.05) is 42.5 Å². The van der Waals surface area contributed by atoms with Crippen LogP contribution in [0.3, 0.4) is 0 Å². The minimum Gasteiger partial charge on any atom is -0.306 e. The van der Waals surface area contributed by atoms with Gasteiger partial charge in [-0.25, -0.2) is 12.8 Å². The second-order valence-corrected chi connectivity index (χ2v) is 7.72. The first-order valence-electron chi connectivity index (χ1n) is 7.69. The first-order chi connectivity index (χ1) is 11.0. The summed E-state index contributed by atoms with van der Waals surface area (Å²) in [6.07, 6.45) is 1.42. The maximum atomic E-state index is 13.6. The van der Waals surface area contributed by atoms with Crippen LogP contribution in [0.2, 0.25) is 0 Å². The Balaban J connectivity index is 1.79. The van der Waals surface area contributed by atoms with E-state index < -0.39 is 15.7 Å². The standard InChI is InChI=1S/C18H22FNO2S/c1-20(14-12-16-8-3-2-4-9-16)13-7-15-23(21,22)18-11-6-5-10-17(18)19/h2-6,8-11H,7,12-15H2,1H3. The van der Waals surface area contributed by atoms with Crippen LogP contribution in [0.1, 0.15) is 12.0 Å². The fourth-order valence-corrected chi connectivity index (χ4v) is 3.79. The molecule has 23 heavy (non-hydrogen) atoms. The molecule has 0 aromatic heterocycles. The Bertz CT molecular complexity index is 717. The summed E-state index contributed by atoms with van der Waals surface area (Å²) < 4.78 is 37.9. The highest BCUT2D eigenvalue weighted by molar-refractivity contribution is 7.91. The average Bonchev–Trinajstić information content (AvgIpc) is 2.54. The molecule has 0 spiro atoms. The van der Waals surface area contributed by atoms with Crippen LogP contribution in [0.15, 0.2) is 59.5 Å². The van der Waals surface area contributed by atoms with Gasteiger partial charge in [0.25, 0.3) is 0 Å². The van der Waals surface area contributed by atoms with Gasteiger partial charge in [0.15, 0.2) is 9.84 Å². The zero-order chi connectivity index (χ0) is 16.7. The van der Waals surface area contributed by atoms with E-state index in [1.807, 2.05) is 25.2 Å². The van der Waals surface area contributed by atoms with Gasteiger partial charge in [0.05, 0.1) is 5.75 Å². The van der Waals surface area contributed by atoms with Gasteiger partial charge in [0.1, 0.15) is 10.7 Å². The minimum atomic E-state index is -3.56. The largest absolute Gasteiger partial charge is 0.306 e. The Morgan fingerprint density at radius 3 is 2.30 bits per heavy atom. The molecule has 2 aromatic carbocycles. The molecule has 0 saturated heterocycles. The van der Waals surface area contributed by atoms with E-state index in [0.29, 0.717) is 13.0 Å². The Morgan fingerprint density at radius 1 is 0.957 bits per heavy atom. The van der Waals surface area contributed by atoms with Crippen LogP contribution in [0.4, 0.5) is 4.39 Å². The molecule has 0 fully saturated rings. The van der Waals surface area contributed by atoms with Crippen molar-refractivity contribution < 1.29 is 12.8 Å². The summed E-state index contributed by atoms with van der Waals surface area (Å²) in [5, 5.41) is 0. The molecule has 5 heteroatoms. The molecule has 0 radical (unpaired) electrons. The van der Waals surface area contributed by atoms with Crippen LogP contribution >= 0.6 is 0 Å². The first kappa shape index (κ1) is 17.6. The maximum Gasteiger partial charge on any atom is 0.181 e. The van der Waals surface area contributed by atoms with Crippen molar-refractivity contribution in [2.45, 2.75) is 17.7 Å². The van der Waals surface area contributed by atoms with E-state index in [1.165, 1.54) is 23.8 Å². The summed E-state index contributed by atoms with van der Waals surface area (Å²) in [4.78, 5) is 1.90. The van der Waals surface area contributed by atoms with Gasteiger partial charge in [-0.05, 0) is 44.1 Å². The lowest BCUT2D eigenvalue weighted by molar-refractivity contribution is 0.339. The molecular formula is C18H22FNO2S. The molecule has 0 aliphatic carbocycles. The third kappa shape index (κ3) is 5.44. The predicted molar refractivity (Wildman–Crippen MR) is 90.7 cm³/mol. The smallest absolute Gasteiger partial charge is 0.181 e. The third-order valence-corrected chi connectivity index (χ3v) is 5.58. The molecule has 3 nitrogen and oxygen atoms in total. The van der Waals surface area contributed by atoms with E-state index in [-0.39, 0.29) is 10.6 Å². The Morgan fingerprint density at radius 2 is 1.61 bits per heavy atom. The topological polar surface area (TPSA) is 37.4 Å². The SMILES string of the molecule is CN(CCCS(=O)(=O)c1ccccc1F)CCc1ccccc1. The quantitative estimate of drug-likeness (QED) is 0.744. The summed E-state index contributed by atoms with van der Waals surface area (Å²) in [5.41, 5.74) is 1.26. The van der Waals surface area contributed by atoms with Gasteiger partial charge < -0.3 is 4.90 Å². The highest BCUT2D eigenvalue weighted by Gasteiger charge is 2.18. The Hall–Kier alpha value is -1.72. The van der Waals surface area contributed by atoms with Crippen molar-refractivity contribution >= 4 is 9.84 Å². The summed E-state index contributed by atoms with van der Waals surface area (Å²) in [5.74, 6) is -0.714. The number of benzene rings is 2. The lowest BCUT2D eigenvalue weighted by Gasteiger charge is -2.16. The van der Waals surface area contributed by atoms with Crippen LogP contribution in [0, 0.1) is 5.82 Å². The van der Waals surface area contributed by atoms with Crippen molar-refractivity contribution in [2.24, 2.45) is 0 Å². The van der Waals surface area contributed by atoms with Gasteiger partial charge >= 0.3 is 0 Å². The van der Waals surface area contributed by atoms with Crippen molar-refractivity contribution in [1.29, 1.82) is 0 Å². The highest BCUT2D eigenvalue weighted by atomic mass is 32.2. The summed E-state index contributed by atoms with van der Waals surface area (Å²) in [6, 6.07) is 15.7. The number of halogens is 1. The Labute approximate surface area is 137 Å². The highest BCUT2D eigenvalue weighted by Crippen LogP contribution is 2.16. The van der Waals surface area contributed by atoms with Gasteiger partial charge in [-0.3, -0.25) is 0 Å². The van der Waals surface area contributed by atoms with Gasteiger partial charge in [0.2, 0.25) is 0 Å². The summed E-state index contributed by atoms with van der Waals surface area (Å²) in [6.45, 7) is 1.53. The average molecular weight is 335 g/mol. The van der Waals surface area contributed by atoms with Gasteiger partial charge in [-0.2, -0.15) is 0 Å². The molecule has 0 saturated carbocycles. The van der Waals surface area contributed by atoms with Crippen LogP contribution in [0.25, 0.3) is 0 Å². The normalized spacial score (nSPS) is 11.8. The molecule has 0 aliphatic rings. The summed E-state index contributed by atoms with van der Waals surface area (Å²) in [7, 11) is -1.58. The lowest BCUT2D eigenvalue weighted by Crippen LogP contribution is -2.24. The molecule has 0 aliphatic heterocycles. The third-order valence-electron chi connectivity index (χ3n) is 3.75. The molecule has 0 atom stereocenters. The molecule has 0 heterocycles. The fourth-order valence-electron chi connectivity index (χ4n) is 2.41. The number of sulfone groups is 1. The van der Waals surface area contributed by atoms with E-state index in [9.17, 15) is 12.8 Å². The zero-order valence-corrected chi connectivity index (χ0v) is 14.1. The van der Waals surface area contributed by atoms with E-state index >= 15 is 0 Å². The van der Waals surface area contributed by atoms with Crippen LogP contribution in [-0.2, 0) is 16.3 Å². The molecule has 0 bridgehead atoms. The minimum absolute atomic E-state index is 0.0381. The van der Waals surface area contributed by atoms with Crippen molar-refractivity contribution in [1.82, 2.24) is 4.90 Å². The molecule has 0 amide bonds. The predicted octanol–water partition coefficient (Wildman–Crippen LogP) is 3.16. The van der Waals surface area contributed by atoms with E-state index in [4.69, 9.17) is 0 Å². The number of hydrogen-bond donors (Lipinski definition) is 0. The van der Waals surface area contributed by atoms with Gasteiger partial charge in [0, 0.05) is 6.54 Å². The van der Waals surface area contributed by atoms with Crippen LogP contribution < -0.4 is 0 Å². The van der Waals surface area contributed by atoms with Gasteiger partial charge in [-0.15, -0.1) is 0 Å². The molecule has 0 unspecified atom stereocenters. The molecule has 124 valence electrons. The van der Waals surface area contributed by atoms with E-state index in [1.54, 1.807) is 6.07 Å². The van der Waals surface area contributed by atoms with E-state index in [2.05, 4.69) is 17.0 Å². The number of rotatable bonds is 8. The van der Waals surface area contributed by atoms with Crippen molar-refractivity contribution in [3.8, 4) is 0 Å². The molecule has 2 rings (SSSR count). The lowest BCUT2D eigenvalue weighted by atomic mass is 10.1. The van der Waals surface area contributed by atoms with Crippen molar-refractivity contribution in [3.05, 3.63) is 66.0 Å². The van der Waals surface area contributed by atoms with Crippen molar-refractivity contribution in [2.75, 3.05) is 25.9 Å². The van der Waals surface area contributed by atoms with Crippen LogP contribution in [0.5, 0.6) is 0 Å². The summed E-state index contributed by atoms with van der Waals surface area (Å²) >= 11 is 0. The van der Waals surface area contributed by atoms with Crippen LogP contribution in [-0.4, -0.2) is 39.2 Å². The Kier molecular flexibility index (Phi) is 6.30. The second-order valence-electron chi connectivity index (χ2n) is 5.64. The van der Waals surface area contributed by atoms with Crippen molar-refractivity contribution in [3.63, 3.8) is 0 Å². The monoisotopic (exact) mass is 335 g/mol.